The summed E-state index contributed by atoms with van der Waals surface area (Å²) in [5.74, 6) is 0. The summed E-state index contributed by atoms with van der Waals surface area (Å²) >= 11 is 0. The van der Waals surface area contributed by atoms with Crippen molar-refractivity contribution in [3.05, 3.63) is 48.0 Å². The fourth-order valence-electron chi connectivity index (χ4n) is 2.30. The molecule has 0 fully saturated rings. The molecule has 0 radical (unpaired) electrons. The third-order valence-electron chi connectivity index (χ3n) is 3.23. The molecule has 0 saturated carbocycles. The number of hydrogen-bond acceptors (Lipinski definition) is 2. The Kier molecular flexibility index (Phi) is 4.13. The van der Waals surface area contributed by atoms with Gasteiger partial charge in [-0.15, -0.1) is 0 Å². The zero-order valence-electron chi connectivity index (χ0n) is 10.5. The molecule has 0 spiro atoms. The summed E-state index contributed by atoms with van der Waals surface area (Å²) in [6.45, 7) is 1.02. The molecule has 0 aliphatic rings. The lowest BCUT2D eigenvalue weighted by Crippen LogP contribution is -2.21. The fraction of sp³-hybridized carbons (Fsp3) is 0.333. The van der Waals surface area contributed by atoms with Gasteiger partial charge in [0.2, 0.25) is 0 Å². The monoisotopic (exact) mass is 228 g/mol. The number of benzene rings is 2. The van der Waals surface area contributed by atoms with E-state index in [1.807, 2.05) is 14.1 Å². The molecule has 2 N–H and O–H groups in total. The smallest absolute Gasteiger partial charge is 0.0335 e. The Morgan fingerprint density at radius 1 is 1.00 bits per heavy atom. The van der Waals surface area contributed by atoms with Crippen LogP contribution < -0.4 is 10.6 Å². The van der Waals surface area contributed by atoms with Crippen molar-refractivity contribution in [2.45, 2.75) is 12.5 Å². The van der Waals surface area contributed by atoms with Gasteiger partial charge in [0.05, 0.1) is 0 Å². The zero-order valence-corrected chi connectivity index (χ0v) is 10.5. The van der Waals surface area contributed by atoms with Crippen molar-refractivity contribution >= 4 is 10.8 Å². The molecule has 0 bridgehead atoms. The summed E-state index contributed by atoms with van der Waals surface area (Å²) in [4.78, 5) is 0. The standard InChI is InChI=1S/C15H20N2/c1-16-11-10-15(17-2)14-9-5-7-12-6-3-4-8-13(12)14/h3-9,15-17H,10-11H2,1-2H3. The maximum atomic E-state index is 3.41. The molecular weight excluding hydrogens is 208 g/mol. The summed E-state index contributed by atoms with van der Waals surface area (Å²) < 4.78 is 0. The van der Waals surface area contributed by atoms with Crippen LogP contribution in [0.2, 0.25) is 0 Å². The van der Waals surface area contributed by atoms with Crippen LogP contribution in [0, 0.1) is 0 Å². The molecule has 0 aromatic heterocycles. The van der Waals surface area contributed by atoms with Crippen LogP contribution in [0.25, 0.3) is 10.8 Å². The van der Waals surface area contributed by atoms with E-state index in [0.717, 1.165) is 13.0 Å². The minimum absolute atomic E-state index is 0.411. The van der Waals surface area contributed by atoms with E-state index < -0.39 is 0 Å². The molecule has 1 unspecified atom stereocenters. The molecule has 0 aliphatic heterocycles. The summed E-state index contributed by atoms with van der Waals surface area (Å²) in [6.07, 6.45) is 1.10. The Morgan fingerprint density at radius 2 is 1.76 bits per heavy atom. The minimum Gasteiger partial charge on any atom is -0.320 e. The molecule has 0 heterocycles. The van der Waals surface area contributed by atoms with Crippen LogP contribution >= 0.6 is 0 Å². The average molecular weight is 228 g/mol. The van der Waals surface area contributed by atoms with Crippen molar-refractivity contribution in [1.29, 1.82) is 0 Å². The first kappa shape index (κ1) is 12.1. The second-order valence-electron chi connectivity index (χ2n) is 4.30. The van der Waals surface area contributed by atoms with Crippen molar-refractivity contribution in [3.8, 4) is 0 Å². The van der Waals surface area contributed by atoms with Crippen molar-refractivity contribution in [2.24, 2.45) is 0 Å². The predicted molar refractivity (Wildman–Crippen MR) is 74.3 cm³/mol. The Balaban J connectivity index is 2.38. The molecule has 2 rings (SSSR count). The fourth-order valence-corrected chi connectivity index (χ4v) is 2.30. The summed E-state index contributed by atoms with van der Waals surface area (Å²) in [5, 5.41) is 9.28. The highest BCUT2D eigenvalue weighted by Gasteiger charge is 2.11. The Bertz CT molecular complexity index is 474. The van der Waals surface area contributed by atoms with Gasteiger partial charge in [0.25, 0.3) is 0 Å². The second-order valence-corrected chi connectivity index (χ2v) is 4.30. The maximum Gasteiger partial charge on any atom is 0.0335 e. The molecule has 90 valence electrons. The van der Waals surface area contributed by atoms with Gasteiger partial charge in [-0.25, -0.2) is 0 Å². The molecule has 2 nitrogen and oxygen atoms in total. The molecule has 0 amide bonds. The molecule has 1 atom stereocenters. The first-order valence-electron chi connectivity index (χ1n) is 6.16. The van der Waals surface area contributed by atoms with Crippen LogP contribution in [0.1, 0.15) is 18.0 Å². The van der Waals surface area contributed by atoms with Gasteiger partial charge >= 0.3 is 0 Å². The Hall–Kier alpha value is -1.38. The van der Waals surface area contributed by atoms with Crippen molar-refractivity contribution < 1.29 is 0 Å². The number of rotatable bonds is 5. The summed E-state index contributed by atoms with van der Waals surface area (Å²) in [7, 11) is 4.03. The van der Waals surface area contributed by atoms with Crippen LogP contribution in [0.5, 0.6) is 0 Å². The van der Waals surface area contributed by atoms with Gasteiger partial charge in [-0.2, -0.15) is 0 Å². The van der Waals surface area contributed by atoms with Gasteiger partial charge in [0.1, 0.15) is 0 Å². The highest BCUT2D eigenvalue weighted by Crippen LogP contribution is 2.25. The Morgan fingerprint density at radius 3 is 2.53 bits per heavy atom. The topological polar surface area (TPSA) is 24.1 Å². The Labute approximate surface area is 103 Å². The van der Waals surface area contributed by atoms with Crippen molar-refractivity contribution in [3.63, 3.8) is 0 Å². The van der Waals surface area contributed by atoms with E-state index in [9.17, 15) is 0 Å². The van der Waals surface area contributed by atoms with Crippen LogP contribution in [0.4, 0.5) is 0 Å². The first-order chi connectivity index (χ1) is 8.36. The van der Waals surface area contributed by atoms with Crippen LogP contribution in [0.3, 0.4) is 0 Å². The largest absolute Gasteiger partial charge is 0.320 e. The van der Waals surface area contributed by atoms with Crippen LogP contribution in [0.15, 0.2) is 42.5 Å². The minimum atomic E-state index is 0.411. The van der Waals surface area contributed by atoms with Crippen molar-refractivity contribution in [2.75, 3.05) is 20.6 Å². The highest BCUT2D eigenvalue weighted by molar-refractivity contribution is 5.86. The van der Waals surface area contributed by atoms with Gasteiger partial charge in [-0.05, 0) is 43.4 Å². The molecule has 2 aromatic rings. The van der Waals surface area contributed by atoms with E-state index in [0.29, 0.717) is 6.04 Å². The normalized spacial score (nSPS) is 12.8. The van der Waals surface area contributed by atoms with Crippen LogP contribution in [-0.4, -0.2) is 20.6 Å². The third-order valence-corrected chi connectivity index (χ3v) is 3.23. The number of fused-ring (bicyclic) bond motifs is 1. The van der Waals surface area contributed by atoms with Gasteiger partial charge in [-0.1, -0.05) is 42.5 Å². The molecule has 0 saturated heterocycles. The van der Waals surface area contributed by atoms with E-state index in [1.54, 1.807) is 0 Å². The average Bonchev–Trinajstić information content (AvgIpc) is 2.40. The van der Waals surface area contributed by atoms with Gasteiger partial charge in [-0.3, -0.25) is 0 Å². The lowest BCUT2D eigenvalue weighted by molar-refractivity contribution is 0.536. The molecule has 0 aliphatic carbocycles. The highest BCUT2D eigenvalue weighted by atomic mass is 14.9. The predicted octanol–water partition coefficient (Wildman–Crippen LogP) is 2.71. The van der Waals surface area contributed by atoms with E-state index in [4.69, 9.17) is 0 Å². The van der Waals surface area contributed by atoms with E-state index in [1.165, 1.54) is 16.3 Å². The summed E-state index contributed by atoms with van der Waals surface area (Å²) in [6, 6.07) is 15.5. The second kappa shape index (κ2) is 5.80. The zero-order chi connectivity index (χ0) is 12.1. The van der Waals surface area contributed by atoms with E-state index >= 15 is 0 Å². The molecule has 2 heteroatoms. The quantitative estimate of drug-likeness (QED) is 0.822. The molecular formula is C15H20N2. The summed E-state index contributed by atoms with van der Waals surface area (Å²) in [5.41, 5.74) is 1.39. The molecule has 17 heavy (non-hydrogen) atoms. The lowest BCUT2D eigenvalue weighted by Gasteiger charge is -2.18. The number of hydrogen-bond donors (Lipinski definition) is 2. The SMILES string of the molecule is CNCCC(NC)c1cccc2ccccc12. The van der Waals surface area contributed by atoms with Gasteiger partial charge in [0, 0.05) is 6.04 Å². The maximum absolute atomic E-state index is 3.41. The van der Waals surface area contributed by atoms with Crippen LogP contribution in [-0.2, 0) is 0 Å². The lowest BCUT2D eigenvalue weighted by atomic mass is 9.97. The molecule has 2 aromatic carbocycles. The first-order valence-corrected chi connectivity index (χ1v) is 6.16. The van der Waals surface area contributed by atoms with Gasteiger partial charge in [0.15, 0.2) is 0 Å². The third kappa shape index (κ3) is 2.65. The number of nitrogens with one attached hydrogen (secondary N) is 2. The van der Waals surface area contributed by atoms with Crippen molar-refractivity contribution in [1.82, 2.24) is 10.6 Å². The van der Waals surface area contributed by atoms with Gasteiger partial charge < -0.3 is 10.6 Å². The van der Waals surface area contributed by atoms with E-state index in [-0.39, 0.29) is 0 Å². The van der Waals surface area contributed by atoms with E-state index in [2.05, 4.69) is 53.1 Å².